The van der Waals surface area contributed by atoms with Crippen molar-refractivity contribution in [3.8, 4) is 0 Å². The van der Waals surface area contributed by atoms with E-state index >= 15 is 0 Å². The second-order valence-corrected chi connectivity index (χ2v) is 4.08. The minimum atomic E-state index is 0.0539. The SMILES string of the molecule is CC1(C)CC(=O)C2=C(C1)N[N+]=N2. The molecule has 2 rings (SSSR count). The number of nitrogens with zero attached hydrogens (tertiary/aromatic N) is 2. The Morgan fingerprint density at radius 3 is 3.00 bits per heavy atom. The molecule has 0 amide bonds. The summed E-state index contributed by atoms with van der Waals surface area (Å²) < 4.78 is 0. The summed E-state index contributed by atoms with van der Waals surface area (Å²) in [5.41, 5.74) is 4.24. The van der Waals surface area contributed by atoms with Gasteiger partial charge in [0, 0.05) is 12.8 Å². The molecule has 0 bridgehead atoms. The molecule has 63 valence electrons. The fourth-order valence-electron chi connectivity index (χ4n) is 1.66. The predicted octanol–water partition coefficient (Wildman–Crippen LogP) is 0.893. The molecule has 12 heavy (non-hydrogen) atoms. The van der Waals surface area contributed by atoms with Crippen LogP contribution in [0.4, 0.5) is 0 Å². The third-order valence-electron chi connectivity index (χ3n) is 2.18. The van der Waals surface area contributed by atoms with Crippen LogP contribution in [0.25, 0.3) is 0 Å². The molecule has 0 aromatic rings. The maximum atomic E-state index is 11.4. The third-order valence-corrected chi connectivity index (χ3v) is 2.18. The van der Waals surface area contributed by atoms with E-state index < -0.39 is 0 Å². The predicted molar refractivity (Wildman–Crippen MR) is 42.7 cm³/mol. The Morgan fingerprint density at radius 2 is 2.25 bits per heavy atom. The van der Waals surface area contributed by atoms with E-state index in [1.54, 1.807) is 0 Å². The molecule has 0 saturated carbocycles. The summed E-state index contributed by atoms with van der Waals surface area (Å²) in [4.78, 5) is 11.4. The maximum absolute atomic E-state index is 11.4. The average Bonchev–Trinajstić information content (AvgIpc) is 2.31. The summed E-state index contributed by atoms with van der Waals surface area (Å²) in [5.74, 6) is 0.106. The summed E-state index contributed by atoms with van der Waals surface area (Å²) >= 11 is 0. The van der Waals surface area contributed by atoms with Crippen LogP contribution in [-0.2, 0) is 4.79 Å². The number of carbonyl (C=O) groups is 1. The van der Waals surface area contributed by atoms with E-state index in [0.717, 1.165) is 12.1 Å². The van der Waals surface area contributed by atoms with Gasteiger partial charge in [0.05, 0.1) is 0 Å². The highest BCUT2D eigenvalue weighted by Gasteiger charge is 2.39. The molecule has 0 atom stereocenters. The lowest BCUT2D eigenvalue weighted by molar-refractivity contribution is -0.118. The van der Waals surface area contributed by atoms with Crippen LogP contribution < -0.4 is 10.6 Å². The van der Waals surface area contributed by atoms with E-state index in [-0.39, 0.29) is 11.2 Å². The molecular weight excluding hydrogens is 154 g/mol. The number of allylic oxidation sites excluding steroid dienone is 2. The molecule has 0 spiro atoms. The van der Waals surface area contributed by atoms with Gasteiger partial charge in [-0.05, 0) is 5.41 Å². The van der Waals surface area contributed by atoms with Crippen molar-refractivity contribution < 1.29 is 4.79 Å². The first kappa shape index (κ1) is 7.46. The standard InChI is InChI=1S/C8H11N3O/c1-8(2)3-5-7(6(12)4-8)10-11-9-5/h3-4H2,1-2H3,(H,9,10)/q+1. The van der Waals surface area contributed by atoms with Gasteiger partial charge < -0.3 is 0 Å². The summed E-state index contributed by atoms with van der Waals surface area (Å²) in [6, 6.07) is 0. The lowest BCUT2D eigenvalue weighted by Crippen LogP contribution is -2.27. The summed E-state index contributed by atoms with van der Waals surface area (Å²) in [6.07, 6.45) is 1.44. The van der Waals surface area contributed by atoms with Gasteiger partial charge in [-0.25, -0.2) is 0 Å². The van der Waals surface area contributed by atoms with Crippen molar-refractivity contribution in [2.45, 2.75) is 26.7 Å². The highest BCUT2D eigenvalue weighted by molar-refractivity contribution is 5.97. The number of Topliss-reactive ketones (excluding diaryl/α,β-unsaturated/α-hetero) is 1. The second-order valence-electron chi connectivity index (χ2n) is 4.08. The van der Waals surface area contributed by atoms with E-state index in [0.29, 0.717) is 12.1 Å². The van der Waals surface area contributed by atoms with E-state index in [9.17, 15) is 4.79 Å². The van der Waals surface area contributed by atoms with E-state index in [4.69, 9.17) is 0 Å². The monoisotopic (exact) mass is 165 g/mol. The van der Waals surface area contributed by atoms with Gasteiger partial charge in [0.2, 0.25) is 5.70 Å². The zero-order valence-electron chi connectivity index (χ0n) is 7.22. The van der Waals surface area contributed by atoms with Crippen LogP contribution in [0.5, 0.6) is 0 Å². The quantitative estimate of drug-likeness (QED) is 0.579. The first-order chi connectivity index (χ1) is 5.58. The Bertz CT molecular complexity index is 301. The van der Waals surface area contributed by atoms with Crippen molar-refractivity contribution in [3.63, 3.8) is 0 Å². The van der Waals surface area contributed by atoms with Gasteiger partial charge in [-0.15, -0.1) is 0 Å². The first-order valence-corrected chi connectivity index (χ1v) is 4.02. The molecule has 1 aliphatic heterocycles. The number of hydrogen-bond donors (Lipinski definition) is 1. The topological polar surface area (TPSA) is 55.6 Å². The summed E-state index contributed by atoms with van der Waals surface area (Å²) in [5, 5.41) is 7.37. The van der Waals surface area contributed by atoms with E-state index in [1.807, 2.05) is 0 Å². The zero-order valence-corrected chi connectivity index (χ0v) is 7.22. The van der Waals surface area contributed by atoms with Gasteiger partial charge in [0.1, 0.15) is 10.8 Å². The van der Waals surface area contributed by atoms with Gasteiger partial charge >= 0.3 is 5.22 Å². The van der Waals surface area contributed by atoms with E-state index in [2.05, 4.69) is 29.6 Å². The van der Waals surface area contributed by atoms with Crippen molar-refractivity contribution in [1.29, 1.82) is 0 Å². The molecule has 0 fully saturated rings. The van der Waals surface area contributed by atoms with E-state index in [1.165, 1.54) is 0 Å². The minimum absolute atomic E-state index is 0.0539. The lowest BCUT2D eigenvalue weighted by Gasteiger charge is -2.25. The molecule has 0 aromatic heterocycles. The zero-order chi connectivity index (χ0) is 8.77. The molecule has 1 aliphatic carbocycles. The Labute approximate surface area is 70.7 Å². The molecule has 0 unspecified atom stereocenters. The van der Waals surface area contributed by atoms with Crippen LogP contribution in [0.3, 0.4) is 0 Å². The van der Waals surface area contributed by atoms with Crippen LogP contribution in [0.2, 0.25) is 0 Å². The number of ketones is 1. The van der Waals surface area contributed by atoms with Gasteiger partial charge in [-0.3, -0.25) is 4.79 Å². The number of rotatable bonds is 0. The third kappa shape index (κ3) is 1.03. The minimum Gasteiger partial charge on any atom is -0.292 e. The number of hydrogen-bond acceptors (Lipinski definition) is 4. The van der Waals surface area contributed by atoms with Crippen LogP contribution in [-0.4, -0.2) is 5.78 Å². The van der Waals surface area contributed by atoms with Crippen molar-refractivity contribution in [2.24, 2.45) is 10.5 Å². The van der Waals surface area contributed by atoms with Crippen LogP contribution in [0, 0.1) is 5.41 Å². The molecule has 2 aliphatic rings. The Kier molecular flexibility index (Phi) is 1.34. The molecule has 1 heterocycles. The summed E-state index contributed by atoms with van der Waals surface area (Å²) in [6.45, 7) is 4.16. The Balaban J connectivity index is 2.35. The Morgan fingerprint density at radius 1 is 1.50 bits per heavy atom. The molecule has 1 radical (unpaired) electrons. The smallest absolute Gasteiger partial charge is 0.292 e. The number of carbonyl (C=O) groups excluding carboxylic acids is 1. The molecular formula is C8H11N3O+. The van der Waals surface area contributed by atoms with Crippen molar-refractivity contribution >= 4 is 5.78 Å². The largest absolute Gasteiger partial charge is 0.331 e. The molecule has 1 N–H and O–H groups in total. The van der Waals surface area contributed by atoms with Gasteiger partial charge in [0.25, 0.3) is 0 Å². The first-order valence-electron chi connectivity index (χ1n) is 4.02. The molecule has 0 aromatic carbocycles. The maximum Gasteiger partial charge on any atom is 0.331 e. The van der Waals surface area contributed by atoms with Crippen LogP contribution >= 0.6 is 0 Å². The highest BCUT2D eigenvalue weighted by atomic mass is 16.1. The van der Waals surface area contributed by atoms with Crippen molar-refractivity contribution in [2.75, 3.05) is 0 Å². The highest BCUT2D eigenvalue weighted by Crippen LogP contribution is 2.36. The molecule has 4 nitrogen and oxygen atoms in total. The van der Waals surface area contributed by atoms with Crippen LogP contribution in [0.1, 0.15) is 26.7 Å². The van der Waals surface area contributed by atoms with Crippen molar-refractivity contribution in [1.82, 2.24) is 10.6 Å². The number of nitrogens with one attached hydrogen (secondary N) is 1. The average molecular weight is 165 g/mol. The van der Waals surface area contributed by atoms with Gasteiger partial charge in [-0.2, -0.15) is 0 Å². The summed E-state index contributed by atoms with van der Waals surface area (Å²) in [7, 11) is 0. The van der Waals surface area contributed by atoms with Crippen LogP contribution in [0.15, 0.2) is 16.5 Å². The fraction of sp³-hybridized carbons (Fsp3) is 0.625. The van der Waals surface area contributed by atoms with Gasteiger partial charge in [0.15, 0.2) is 5.78 Å². The molecule has 0 saturated heterocycles. The normalized spacial score (nSPS) is 25.7. The van der Waals surface area contributed by atoms with Gasteiger partial charge in [-0.1, -0.05) is 19.3 Å². The Hall–Kier alpha value is -1.19. The molecule has 4 heteroatoms. The van der Waals surface area contributed by atoms with Crippen molar-refractivity contribution in [3.05, 3.63) is 11.4 Å². The second kappa shape index (κ2) is 2.15. The fourth-order valence-corrected chi connectivity index (χ4v) is 1.66. The lowest BCUT2D eigenvalue weighted by atomic mass is 9.78.